The largest absolute Gasteiger partial charge is 0.508 e. The van der Waals surface area contributed by atoms with Gasteiger partial charge in [-0.05, 0) is 60.9 Å². The Hall–Kier alpha value is -1.02. The Bertz CT molecular complexity index is 348. The van der Waals surface area contributed by atoms with E-state index in [4.69, 9.17) is 5.73 Å². The molecule has 3 N–H and O–H groups in total. The number of phenols is 1. The van der Waals surface area contributed by atoms with Gasteiger partial charge in [-0.15, -0.1) is 0 Å². The molecule has 0 saturated heterocycles. The van der Waals surface area contributed by atoms with E-state index >= 15 is 0 Å². The van der Waals surface area contributed by atoms with Gasteiger partial charge in [-0.25, -0.2) is 0 Å². The van der Waals surface area contributed by atoms with Gasteiger partial charge in [0.1, 0.15) is 5.75 Å². The minimum absolute atomic E-state index is 0.384. The van der Waals surface area contributed by atoms with Crippen LogP contribution in [0.15, 0.2) is 18.2 Å². The van der Waals surface area contributed by atoms with Crippen LogP contribution in [0.3, 0.4) is 0 Å². The summed E-state index contributed by atoms with van der Waals surface area (Å²) < 4.78 is 0. The van der Waals surface area contributed by atoms with Gasteiger partial charge in [-0.3, -0.25) is 0 Å². The standard InChI is InChI=1S/C13H19NO/c1-9(8-14)12-4-2-3-10-7-11(15)5-6-13(10)12/h5-7,9,12,15H,2-4,8,14H2,1H3. The lowest BCUT2D eigenvalue weighted by atomic mass is 9.76. The van der Waals surface area contributed by atoms with Gasteiger partial charge < -0.3 is 10.8 Å². The molecule has 0 fully saturated rings. The van der Waals surface area contributed by atoms with Crippen LogP contribution < -0.4 is 5.73 Å². The lowest BCUT2D eigenvalue weighted by molar-refractivity contribution is 0.410. The van der Waals surface area contributed by atoms with Gasteiger partial charge in [0.05, 0.1) is 0 Å². The molecule has 0 aromatic heterocycles. The summed E-state index contributed by atoms with van der Waals surface area (Å²) in [5.74, 6) is 1.50. The molecule has 0 heterocycles. The minimum atomic E-state index is 0.384. The number of nitrogens with two attached hydrogens (primary N) is 1. The van der Waals surface area contributed by atoms with Crippen LogP contribution in [-0.2, 0) is 6.42 Å². The third kappa shape index (κ3) is 2.00. The third-order valence-corrected chi connectivity index (χ3v) is 3.55. The SMILES string of the molecule is CC(CN)C1CCCc2cc(O)ccc21. The minimum Gasteiger partial charge on any atom is -0.508 e. The van der Waals surface area contributed by atoms with Crippen molar-refractivity contribution in [1.29, 1.82) is 0 Å². The summed E-state index contributed by atoms with van der Waals surface area (Å²) in [5, 5.41) is 9.45. The molecule has 1 aliphatic rings. The van der Waals surface area contributed by atoms with Gasteiger partial charge in [-0.1, -0.05) is 13.0 Å². The molecule has 1 aromatic rings. The quantitative estimate of drug-likeness (QED) is 0.778. The van der Waals surface area contributed by atoms with Gasteiger partial charge in [0.25, 0.3) is 0 Å². The van der Waals surface area contributed by atoms with Crippen LogP contribution in [0.2, 0.25) is 0 Å². The predicted molar refractivity (Wildman–Crippen MR) is 62.0 cm³/mol. The number of phenolic OH excluding ortho intramolecular Hbond substituents is 1. The van der Waals surface area contributed by atoms with Crippen LogP contribution >= 0.6 is 0 Å². The monoisotopic (exact) mass is 205 g/mol. The Morgan fingerprint density at radius 3 is 3.07 bits per heavy atom. The van der Waals surface area contributed by atoms with E-state index in [9.17, 15) is 5.11 Å². The molecule has 0 aliphatic heterocycles. The van der Waals surface area contributed by atoms with E-state index in [0.717, 1.165) is 13.0 Å². The summed E-state index contributed by atoms with van der Waals surface area (Å²) in [6.45, 7) is 2.96. The van der Waals surface area contributed by atoms with E-state index in [0.29, 0.717) is 17.6 Å². The summed E-state index contributed by atoms with van der Waals surface area (Å²) in [6, 6.07) is 5.77. The Labute approximate surface area is 91.1 Å². The van der Waals surface area contributed by atoms with Crippen molar-refractivity contribution in [2.45, 2.75) is 32.1 Å². The van der Waals surface area contributed by atoms with Gasteiger partial charge in [-0.2, -0.15) is 0 Å². The molecule has 1 aliphatic carbocycles. The van der Waals surface area contributed by atoms with Crippen molar-refractivity contribution in [1.82, 2.24) is 0 Å². The Morgan fingerprint density at radius 2 is 2.33 bits per heavy atom. The molecule has 0 bridgehead atoms. The molecular weight excluding hydrogens is 186 g/mol. The van der Waals surface area contributed by atoms with E-state index in [1.54, 1.807) is 6.07 Å². The number of hydrogen-bond acceptors (Lipinski definition) is 2. The highest BCUT2D eigenvalue weighted by Gasteiger charge is 2.24. The Morgan fingerprint density at radius 1 is 1.53 bits per heavy atom. The van der Waals surface area contributed by atoms with Crippen molar-refractivity contribution < 1.29 is 5.11 Å². The number of rotatable bonds is 2. The normalized spacial score (nSPS) is 22.1. The molecule has 2 atom stereocenters. The summed E-state index contributed by atoms with van der Waals surface area (Å²) in [5.41, 5.74) is 8.45. The van der Waals surface area contributed by atoms with E-state index in [-0.39, 0.29) is 0 Å². The van der Waals surface area contributed by atoms with E-state index < -0.39 is 0 Å². The van der Waals surface area contributed by atoms with Gasteiger partial charge in [0, 0.05) is 0 Å². The molecule has 0 radical (unpaired) electrons. The smallest absolute Gasteiger partial charge is 0.115 e. The highest BCUT2D eigenvalue weighted by atomic mass is 16.3. The maximum Gasteiger partial charge on any atom is 0.115 e. The van der Waals surface area contributed by atoms with Gasteiger partial charge in [0.15, 0.2) is 0 Å². The van der Waals surface area contributed by atoms with Crippen LogP contribution in [0, 0.1) is 5.92 Å². The number of fused-ring (bicyclic) bond motifs is 1. The highest BCUT2D eigenvalue weighted by Crippen LogP contribution is 2.37. The molecule has 0 amide bonds. The van der Waals surface area contributed by atoms with Crippen molar-refractivity contribution in [2.75, 3.05) is 6.54 Å². The van der Waals surface area contributed by atoms with Crippen LogP contribution in [0.25, 0.3) is 0 Å². The molecule has 1 aromatic carbocycles. The summed E-state index contributed by atoms with van der Waals surface area (Å²) in [4.78, 5) is 0. The highest BCUT2D eigenvalue weighted by molar-refractivity contribution is 5.38. The second-order valence-corrected chi connectivity index (χ2v) is 4.59. The molecule has 2 nitrogen and oxygen atoms in total. The predicted octanol–water partition coefficient (Wildman–Crippen LogP) is 2.41. The second-order valence-electron chi connectivity index (χ2n) is 4.59. The number of hydrogen-bond donors (Lipinski definition) is 2. The summed E-state index contributed by atoms with van der Waals surface area (Å²) in [7, 11) is 0. The molecule has 2 unspecified atom stereocenters. The number of aryl methyl sites for hydroxylation is 1. The zero-order valence-electron chi connectivity index (χ0n) is 9.24. The van der Waals surface area contributed by atoms with E-state index in [1.807, 2.05) is 6.07 Å². The number of aromatic hydroxyl groups is 1. The molecule has 0 saturated carbocycles. The molecule has 2 heteroatoms. The molecule has 0 spiro atoms. The molecular formula is C13H19NO. The summed E-state index contributed by atoms with van der Waals surface area (Å²) >= 11 is 0. The van der Waals surface area contributed by atoms with Crippen LogP contribution in [0.4, 0.5) is 0 Å². The second kappa shape index (κ2) is 4.23. The zero-order chi connectivity index (χ0) is 10.8. The van der Waals surface area contributed by atoms with Crippen molar-refractivity contribution in [2.24, 2.45) is 11.7 Å². The van der Waals surface area contributed by atoms with Crippen LogP contribution in [0.1, 0.15) is 36.8 Å². The first-order valence-corrected chi connectivity index (χ1v) is 5.74. The molecule has 82 valence electrons. The average molecular weight is 205 g/mol. The van der Waals surface area contributed by atoms with E-state index in [2.05, 4.69) is 13.0 Å². The van der Waals surface area contributed by atoms with Crippen molar-refractivity contribution >= 4 is 0 Å². The maximum absolute atomic E-state index is 9.45. The maximum atomic E-state index is 9.45. The third-order valence-electron chi connectivity index (χ3n) is 3.55. The lowest BCUT2D eigenvalue weighted by Crippen LogP contribution is -2.22. The number of benzene rings is 1. The average Bonchev–Trinajstić information content (AvgIpc) is 2.26. The Balaban J connectivity index is 2.34. The summed E-state index contributed by atoms with van der Waals surface area (Å²) in [6.07, 6.45) is 3.54. The first kappa shape index (κ1) is 10.5. The van der Waals surface area contributed by atoms with E-state index in [1.165, 1.54) is 24.0 Å². The van der Waals surface area contributed by atoms with Crippen molar-refractivity contribution in [3.05, 3.63) is 29.3 Å². The lowest BCUT2D eigenvalue weighted by Gasteiger charge is -2.29. The fourth-order valence-corrected chi connectivity index (χ4v) is 2.59. The van der Waals surface area contributed by atoms with Gasteiger partial charge >= 0.3 is 0 Å². The Kier molecular flexibility index (Phi) is 2.96. The fourth-order valence-electron chi connectivity index (χ4n) is 2.59. The molecule has 2 rings (SSSR count). The van der Waals surface area contributed by atoms with Gasteiger partial charge in [0.2, 0.25) is 0 Å². The van der Waals surface area contributed by atoms with Crippen LogP contribution in [0.5, 0.6) is 5.75 Å². The van der Waals surface area contributed by atoms with Crippen molar-refractivity contribution in [3.8, 4) is 5.75 Å². The first-order valence-electron chi connectivity index (χ1n) is 5.74. The fraction of sp³-hybridized carbons (Fsp3) is 0.538. The molecule has 15 heavy (non-hydrogen) atoms. The topological polar surface area (TPSA) is 46.2 Å². The zero-order valence-corrected chi connectivity index (χ0v) is 9.24. The van der Waals surface area contributed by atoms with Crippen LogP contribution in [-0.4, -0.2) is 11.7 Å². The van der Waals surface area contributed by atoms with Crippen molar-refractivity contribution in [3.63, 3.8) is 0 Å². The first-order chi connectivity index (χ1) is 7.22.